The number of ether oxygens (including phenoxy) is 1. The van der Waals surface area contributed by atoms with Crippen molar-refractivity contribution < 1.29 is 18.7 Å². The lowest BCUT2D eigenvalue weighted by Crippen LogP contribution is -2.46. The molecule has 5 rings (SSSR count). The Kier molecular flexibility index (Phi) is 6.61. The van der Waals surface area contributed by atoms with Crippen molar-refractivity contribution in [3.63, 3.8) is 0 Å². The second kappa shape index (κ2) is 9.97. The second-order valence-electron chi connectivity index (χ2n) is 9.08. The van der Waals surface area contributed by atoms with Crippen LogP contribution >= 0.6 is 0 Å². The summed E-state index contributed by atoms with van der Waals surface area (Å²) in [6, 6.07) is 10.1. The Morgan fingerprint density at radius 1 is 0.971 bits per heavy atom. The average Bonchev–Trinajstić information content (AvgIpc) is 3.32. The fourth-order valence-corrected chi connectivity index (χ4v) is 4.97. The number of piperidine rings is 2. The van der Waals surface area contributed by atoms with E-state index in [1.54, 1.807) is 22.7 Å². The van der Waals surface area contributed by atoms with E-state index in [4.69, 9.17) is 4.74 Å². The Bertz CT molecular complexity index is 1210. The first-order chi connectivity index (χ1) is 17.0. The maximum atomic E-state index is 14.3. The standard InChI is InChI=1S/C25H29FN6O3/c1-2-35-25(34)18-11-15-31(16-12-18)24(33)17-9-13-30(14-10-17)22-8-7-21-27-28-23(32(21)29-22)19-5-3-4-6-20(19)26/h3-8,17-18H,2,9-16H2,1H3. The molecule has 2 aliphatic heterocycles. The van der Waals surface area contributed by atoms with Crippen molar-refractivity contribution in [3.05, 3.63) is 42.2 Å². The predicted molar refractivity (Wildman–Crippen MR) is 127 cm³/mol. The number of esters is 1. The first kappa shape index (κ1) is 23.2. The number of rotatable bonds is 5. The van der Waals surface area contributed by atoms with Crippen molar-refractivity contribution in [1.29, 1.82) is 0 Å². The Balaban J connectivity index is 1.22. The molecule has 1 amide bonds. The third-order valence-electron chi connectivity index (χ3n) is 6.96. The largest absolute Gasteiger partial charge is 0.466 e. The van der Waals surface area contributed by atoms with Gasteiger partial charge in [-0.15, -0.1) is 15.3 Å². The first-order valence-corrected chi connectivity index (χ1v) is 12.2. The molecule has 4 heterocycles. The number of halogens is 1. The van der Waals surface area contributed by atoms with Crippen LogP contribution in [-0.2, 0) is 14.3 Å². The van der Waals surface area contributed by atoms with Crippen LogP contribution in [-0.4, -0.2) is 69.4 Å². The lowest BCUT2D eigenvalue weighted by Gasteiger charge is -2.37. The summed E-state index contributed by atoms with van der Waals surface area (Å²) in [5.41, 5.74) is 0.893. The summed E-state index contributed by atoms with van der Waals surface area (Å²) in [6.45, 7) is 4.81. The number of nitrogens with zero attached hydrogens (tertiary/aromatic N) is 6. The SMILES string of the molecule is CCOC(=O)C1CCN(C(=O)C2CCN(c3ccc4nnc(-c5ccccc5F)n4n3)CC2)CC1. The molecule has 0 N–H and O–H groups in total. The highest BCUT2D eigenvalue weighted by Gasteiger charge is 2.33. The molecule has 0 saturated carbocycles. The maximum Gasteiger partial charge on any atom is 0.309 e. The van der Waals surface area contributed by atoms with E-state index in [1.165, 1.54) is 6.07 Å². The summed E-state index contributed by atoms with van der Waals surface area (Å²) in [6.07, 6.45) is 2.80. The van der Waals surface area contributed by atoms with E-state index >= 15 is 0 Å². The van der Waals surface area contributed by atoms with Gasteiger partial charge in [0.2, 0.25) is 5.91 Å². The fraction of sp³-hybridized carbons (Fsp3) is 0.480. The molecule has 2 aromatic heterocycles. The molecule has 2 aliphatic rings. The summed E-state index contributed by atoms with van der Waals surface area (Å²) in [4.78, 5) is 29.1. The van der Waals surface area contributed by atoms with Gasteiger partial charge in [-0.1, -0.05) is 12.1 Å². The summed E-state index contributed by atoms with van der Waals surface area (Å²) in [7, 11) is 0. The molecule has 0 atom stereocenters. The van der Waals surface area contributed by atoms with Gasteiger partial charge in [-0.25, -0.2) is 4.39 Å². The summed E-state index contributed by atoms with van der Waals surface area (Å²) < 4.78 is 21.0. The van der Waals surface area contributed by atoms with Gasteiger partial charge in [0.05, 0.1) is 18.1 Å². The van der Waals surface area contributed by atoms with Gasteiger partial charge in [0, 0.05) is 32.1 Å². The van der Waals surface area contributed by atoms with Crippen LogP contribution < -0.4 is 4.90 Å². The van der Waals surface area contributed by atoms with Gasteiger partial charge in [0.25, 0.3) is 0 Å². The van der Waals surface area contributed by atoms with Crippen LogP contribution in [0.3, 0.4) is 0 Å². The van der Waals surface area contributed by atoms with E-state index in [9.17, 15) is 14.0 Å². The van der Waals surface area contributed by atoms with Gasteiger partial charge in [-0.2, -0.15) is 4.52 Å². The van der Waals surface area contributed by atoms with Crippen molar-refractivity contribution >= 4 is 23.3 Å². The minimum atomic E-state index is -0.375. The number of anilines is 1. The van der Waals surface area contributed by atoms with Gasteiger partial charge < -0.3 is 14.5 Å². The van der Waals surface area contributed by atoms with Crippen LogP contribution in [0.15, 0.2) is 36.4 Å². The lowest BCUT2D eigenvalue weighted by molar-refractivity contribution is -0.151. The molecule has 0 aliphatic carbocycles. The van der Waals surface area contributed by atoms with Crippen LogP contribution in [0, 0.1) is 17.7 Å². The smallest absolute Gasteiger partial charge is 0.309 e. The Morgan fingerprint density at radius 2 is 1.69 bits per heavy atom. The van der Waals surface area contributed by atoms with Crippen molar-refractivity contribution in [2.45, 2.75) is 32.6 Å². The van der Waals surface area contributed by atoms with Crippen molar-refractivity contribution in [3.8, 4) is 11.4 Å². The first-order valence-electron chi connectivity index (χ1n) is 12.2. The number of amides is 1. The molecular weight excluding hydrogens is 451 g/mol. The summed E-state index contributed by atoms with van der Waals surface area (Å²) in [5, 5.41) is 12.9. The molecule has 9 nitrogen and oxygen atoms in total. The van der Waals surface area contributed by atoms with Crippen LogP contribution in [0.1, 0.15) is 32.6 Å². The summed E-state index contributed by atoms with van der Waals surface area (Å²) >= 11 is 0. The average molecular weight is 481 g/mol. The number of aromatic nitrogens is 4. The molecule has 2 fully saturated rings. The van der Waals surface area contributed by atoms with Crippen LogP contribution in [0.5, 0.6) is 0 Å². The van der Waals surface area contributed by atoms with Gasteiger partial charge in [-0.05, 0) is 56.9 Å². The highest BCUT2D eigenvalue weighted by Crippen LogP contribution is 2.27. The molecule has 0 unspecified atom stereocenters. The van der Waals surface area contributed by atoms with Gasteiger partial charge in [0.15, 0.2) is 11.5 Å². The van der Waals surface area contributed by atoms with Crippen molar-refractivity contribution in [1.82, 2.24) is 24.7 Å². The molecule has 10 heteroatoms. The topological polar surface area (TPSA) is 92.9 Å². The fourth-order valence-electron chi connectivity index (χ4n) is 4.97. The molecule has 3 aromatic rings. The van der Waals surface area contributed by atoms with Gasteiger partial charge in [0.1, 0.15) is 11.6 Å². The molecule has 0 bridgehead atoms. The zero-order chi connectivity index (χ0) is 24.4. The Labute approximate surface area is 202 Å². The third-order valence-corrected chi connectivity index (χ3v) is 6.96. The van der Waals surface area contributed by atoms with Crippen LogP contribution in [0.25, 0.3) is 17.0 Å². The Morgan fingerprint density at radius 3 is 2.40 bits per heavy atom. The van der Waals surface area contributed by atoms with Crippen molar-refractivity contribution in [2.24, 2.45) is 11.8 Å². The number of fused-ring (bicyclic) bond motifs is 1. The van der Waals surface area contributed by atoms with Crippen molar-refractivity contribution in [2.75, 3.05) is 37.7 Å². The minimum absolute atomic E-state index is 0.0296. The maximum absolute atomic E-state index is 14.3. The van der Waals surface area contributed by atoms with Gasteiger partial charge >= 0.3 is 5.97 Å². The van der Waals surface area contributed by atoms with E-state index in [2.05, 4.69) is 20.2 Å². The number of hydrogen-bond donors (Lipinski definition) is 0. The summed E-state index contributed by atoms with van der Waals surface area (Å²) in [5.74, 6) is 0.623. The minimum Gasteiger partial charge on any atom is -0.466 e. The van der Waals surface area contributed by atoms with E-state index in [0.717, 1.165) is 18.7 Å². The zero-order valence-electron chi connectivity index (χ0n) is 19.8. The monoisotopic (exact) mass is 480 g/mol. The van der Waals surface area contributed by atoms with Crippen LogP contribution in [0.4, 0.5) is 10.2 Å². The number of hydrogen-bond acceptors (Lipinski definition) is 7. The van der Waals surface area contributed by atoms with E-state index < -0.39 is 0 Å². The molecule has 184 valence electrons. The molecule has 0 radical (unpaired) electrons. The van der Waals surface area contributed by atoms with E-state index in [1.807, 2.05) is 24.0 Å². The third kappa shape index (κ3) is 4.69. The van der Waals surface area contributed by atoms with E-state index in [0.29, 0.717) is 62.7 Å². The number of likely N-dealkylation sites (tertiary alicyclic amines) is 1. The lowest BCUT2D eigenvalue weighted by atomic mass is 9.92. The quantitative estimate of drug-likeness (QED) is 0.519. The highest BCUT2D eigenvalue weighted by molar-refractivity contribution is 5.80. The number of benzene rings is 1. The Hall–Kier alpha value is -3.56. The predicted octanol–water partition coefficient (Wildman–Crippen LogP) is 2.95. The molecule has 0 spiro atoms. The molecule has 2 saturated heterocycles. The molecule has 35 heavy (non-hydrogen) atoms. The second-order valence-corrected chi connectivity index (χ2v) is 9.08. The molecular formula is C25H29FN6O3. The highest BCUT2D eigenvalue weighted by atomic mass is 19.1. The van der Waals surface area contributed by atoms with E-state index in [-0.39, 0.29) is 29.5 Å². The number of carbonyl (C=O) groups excluding carboxylic acids is 2. The zero-order valence-corrected chi connectivity index (χ0v) is 19.8. The molecule has 1 aromatic carbocycles. The number of carbonyl (C=O) groups is 2. The van der Waals surface area contributed by atoms with Crippen LogP contribution in [0.2, 0.25) is 0 Å². The van der Waals surface area contributed by atoms with Gasteiger partial charge in [-0.3, -0.25) is 9.59 Å². The normalized spacial score (nSPS) is 17.7.